The second-order valence-corrected chi connectivity index (χ2v) is 3.31. The van der Waals surface area contributed by atoms with Gasteiger partial charge in [-0.25, -0.2) is 4.79 Å². The minimum Gasteiger partial charge on any atom is -0.479 e. The van der Waals surface area contributed by atoms with Gasteiger partial charge in [0, 0.05) is 11.8 Å². The number of aliphatic carboxylic acids is 1. The molecule has 1 heterocycles. The van der Waals surface area contributed by atoms with Crippen LogP contribution in [0.5, 0.6) is 0 Å². The van der Waals surface area contributed by atoms with Crippen LogP contribution in [0.15, 0.2) is 34.7 Å². The van der Waals surface area contributed by atoms with Gasteiger partial charge >= 0.3 is 5.97 Å². The van der Waals surface area contributed by atoms with Crippen LogP contribution < -0.4 is 0 Å². The Hall–Kier alpha value is -1.81. The van der Waals surface area contributed by atoms with Crippen molar-refractivity contribution in [3.63, 3.8) is 0 Å². The maximum absolute atomic E-state index is 10.4. The van der Waals surface area contributed by atoms with Gasteiger partial charge in [-0.3, -0.25) is 0 Å². The molecular formula is C11H10O4. The molecule has 0 radical (unpaired) electrons. The lowest BCUT2D eigenvalue weighted by atomic mass is 10.2. The van der Waals surface area contributed by atoms with Crippen LogP contribution in [0.3, 0.4) is 0 Å². The lowest BCUT2D eigenvalue weighted by Gasteiger charge is -2.00. The molecule has 0 aliphatic heterocycles. The van der Waals surface area contributed by atoms with Gasteiger partial charge in [-0.1, -0.05) is 18.2 Å². The highest BCUT2D eigenvalue weighted by atomic mass is 16.4. The minimum absolute atomic E-state index is 0.00991. The quantitative estimate of drug-likeness (QED) is 0.796. The van der Waals surface area contributed by atoms with Crippen molar-refractivity contribution in [1.82, 2.24) is 0 Å². The molecule has 0 amide bonds. The Balaban J connectivity index is 2.26. The summed E-state index contributed by atoms with van der Waals surface area (Å²) in [7, 11) is 0. The van der Waals surface area contributed by atoms with E-state index < -0.39 is 12.1 Å². The lowest BCUT2D eigenvalue weighted by molar-refractivity contribution is -0.146. The highest BCUT2D eigenvalue weighted by molar-refractivity contribution is 5.78. The second kappa shape index (κ2) is 3.74. The third-order valence-electron chi connectivity index (χ3n) is 2.16. The summed E-state index contributed by atoms with van der Waals surface area (Å²) in [4.78, 5) is 10.4. The van der Waals surface area contributed by atoms with E-state index in [-0.39, 0.29) is 6.42 Å². The van der Waals surface area contributed by atoms with Crippen molar-refractivity contribution in [2.75, 3.05) is 0 Å². The van der Waals surface area contributed by atoms with Crippen LogP contribution in [0, 0.1) is 0 Å². The summed E-state index contributed by atoms with van der Waals surface area (Å²) in [5.74, 6) is -0.762. The molecule has 1 unspecified atom stereocenters. The fourth-order valence-corrected chi connectivity index (χ4v) is 1.42. The van der Waals surface area contributed by atoms with E-state index >= 15 is 0 Å². The third kappa shape index (κ3) is 1.99. The first kappa shape index (κ1) is 9.73. The fraction of sp³-hybridized carbons (Fsp3) is 0.182. The van der Waals surface area contributed by atoms with Crippen molar-refractivity contribution in [2.45, 2.75) is 12.5 Å². The van der Waals surface area contributed by atoms with Crippen LogP contribution in [0.1, 0.15) is 5.76 Å². The predicted octanol–water partition coefficient (Wildman–Crippen LogP) is 1.42. The van der Waals surface area contributed by atoms with Gasteiger partial charge in [0.15, 0.2) is 6.10 Å². The average molecular weight is 206 g/mol. The van der Waals surface area contributed by atoms with E-state index in [1.807, 2.05) is 18.2 Å². The molecule has 0 saturated heterocycles. The van der Waals surface area contributed by atoms with E-state index in [1.54, 1.807) is 12.1 Å². The highest BCUT2D eigenvalue weighted by Gasteiger charge is 2.16. The van der Waals surface area contributed by atoms with Gasteiger partial charge in [0.2, 0.25) is 0 Å². The van der Waals surface area contributed by atoms with Gasteiger partial charge in [-0.2, -0.15) is 0 Å². The first-order valence-corrected chi connectivity index (χ1v) is 4.55. The zero-order valence-electron chi connectivity index (χ0n) is 7.88. The smallest absolute Gasteiger partial charge is 0.332 e. The van der Waals surface area contributed by atoms with Crippen molar-refractivity contribution >= 4 is 16.9 Å². The first-order chi connectivity index (χ1) is 7.16. The van der Waals surface area contributed by atoms with Crippen LogP contribution in [-0.2, 0) is 11.2 Å². The molecule has 2 rings (SSSR count). The Morgan fingerprint density at radius 1 is 1.40 bits per heavy atom. The average Bonchev–Trinajstić information content (AvgIpc) is 2.59. The Morgan fingerprint density at radius 2 is 2.13 bits per heavy atom. The number of benzene rings is 1. The highest BCUT2D eigenvalue weighted by Crippen LogP contribution is 2.19. The molecule has 0 aliphatic rings. The molecule has 1 aromatic heterocycles. The number of aliphatic hydroxyl groups excluding tert-OH is 1. The SMILES string of the molecule is O=C(O)C(O)Cc1cc2ccccc2o1. The van der Waals surface area contributed by atoms with Gasteiger partial charge in [-0.05, 0) is 12.1 Å². The summed E-state index contributed by atoms with van der Waals surface area (Å²) in [6.07, 6.45) is -1.42. The lowest BCUT2D eigenvalue weighted by Crippen LogP contribution is -2.21. The maximum Gasteiger partial charge on any atom is 0.332 e. The van der Waals surface area contributed by atoms with Crippen LogP contribution in [-0.4, -0.2) is 22.3 Å². The van der Waals surface area contributed by atoms with E-state index in [1.165, 1.54) is 0 Å². The summed E-state index contributed by atoms with van der Waals surface area (Å²) < 4.78 is 5.37. The Kier molecular flexibility index (Phi) is 2.43. The predicted molar refractivity (Wildman–Crippen MR) is 53.6 cm³/mol. The zero-order valence-corrected chi connectivity index (χ0v) is 7.88. The molecule has 0 spiro atoms. The summed E-state index contributed by atoms with van der Waals surface area (Å²) in [5.41, 5.74) is 0.699. The molecule has 0 bridgehead atoms. The molecule has 2 N–H and O–H groups in total. The maximum atomic E-state index is 10.4. The van der Waals surface area contributed by atoms with Gasteiger partial charge in [0.05, 0.1) is 0 Å². The van der Waals surface area contributed by atoms with E-state index in [0.717, 1.165) is 5.39 Å². The molecule has 4 nitrogen and oxygen atoms in total. The van der Waals surface area contributed by atoms with Gasteiger partial charge in [0.1, 0.15) is 11.3 Å². The number of furan rings is 1. The van der Waals surface area contributed by atoms with Gasteiger partial charge in [-0.15, -0.1) is 0 Å². The fourth-order valence-electron chi connectivity index (χ4n) is 1.42. The molecule has 78 valence electrons. The molecule has 0 saturated carbocycles. The standard InChI is InChI=1S/C11H10O4/c12-9(11(13)14)6-8-5-7-3-1-2-4-10(7)15-8/h1-5,9,12H,6H2,(H,13,14). The Labute approximate surface area is 85.8 Å². The summed E-state index contributed by atoms with van der Waals surface area (Å²) in [6.45, 7) is 0. The molecule has 2 aromatic rings. The number of aliphatic hydroxyl groups is 1. The zero-order chi connectivity index (χ0) is 10.8. The number of hydrogen-bond acceptors (Lipinski definition) is 3. The molecule has 1 aromatic carbocycles. The number of carboxylic acid groups (broad SMARTS) is 1. The number of rotatable bonds is 3. The molecule has 0 fully saturated rings. The van der Waals surface area contributed by atoms with Gasteiger partial charge in [0.25, 0.3) is 0 Å². The second-order valence-electron chi connectivity index (χ2n) is 3.31. The van der Waals surface area contributed by atoms with E-state index in [9.17, 15) is 4.79 Å². The third-order valence-corrected chi connectivity index (χ3v) is 2.16. The normalized spacial score (nSPS) is 12.9. The van der Waals surface area contributed by atoms with Crippen molar-refractivity contribution in [3.05, 3.63) is 36.1 Å². The van der Waals surface area contributed by atoms with Crippen LogP contribution in [0.2, 0.25) is 0 Å². The largest absolute Gasteiger partial charge is 0.479 e. The van der Waals surface area contributed by atoms with E-state index in [2.05, 4.69) is 0 Å². The molecule has 0 aliphatic carbocycles. The summed E-state index contributed by atoms with van der Waals surface area (Å²) in [5, 5.41) is 18.6. The van der Waals surface area contributed by atoms with Crippen LogP contribution >= 0.6 is 0 Å². The summed E-state index contributed by atoms with van der Waals surface area (Å²) >= 11 is 0. The molecule has 15 heavy (non-hydrogen) atoms. The number of hydrogen-bond donors (Lipinski definition) is 2. The van der Waals surface area contributed by atoms with Crippen molar-refractivity contribution in [2.24, 2.45) is 0 Å². The van der Waals surface area contributed by atoms with E-state index in [4.69, 9.17) is 14.6 Å². The van der Waals surface area contributed by atoms with Crippen LogP contribution in [0.25, 0.3) is 11.0 Å². The monoisotopic (exact) mass is 206 g/mol. The summed E-state index contributed by atoms with van der Waals surface area (Å²) in [6, 6.07) is 9.11. The Morgan fingerprint density at radius 3 is 2.80 bits per heavy atom. The first-order valence-electron chi connectivity index (χ1n) is 4.55. The molecule has 4 heteroatoms. The molecule has 1 atom stereocenters. The van der Waals surface area contributed by atoms with Crippen molar-refractivity contribution in [1.29, 1.82) is 0 Å². The van der Waals surface area contributed by atoms with Gasteiger partial charge < -0.3 is 14.6 Å². The minimum atomic E-state index is -1.41. The number of carbonyl (C=O) groups is 1. The number of carboxylic acids is 1. The van der Waals surface area contributed by atoms with Crippen LogP contribution in [0.4, 0.5) is 0 Å². The molecular weight excluding hydrogens is 196 g/mol. The van der Waals surface area contributed by atoms with Crippen molar-refractivity contribution < 1.29 is 19.4 Å². The Bertz CT molecular complexity index is 453. The van der Waals surface area contributed by atoms with Crippen molar-refractivity contribution in [3.8, 4) is 0 Å². The van der Waals surface area contributed by atoms with E-state index in [0.29, 0.717) is 11.3 Å². The topological polar surface area (TPSA) is 70.7 Å². The number of fused-ring (bicyclic) bond motifs is 1. The number of para-hydroxylation sites is 1.